The SMILES string of the molecule is COc1cccc(N(C)C(=O)C2(CN)CCC2)c1. The van der Waals surface area contributed by atoms with Crippen LogP contribution in [0, 0.1) is 5.41 Å². The lowest BCUT2D eigenvalue weighted by Gasteiger charge is -2.41. The summed E-state index contributed by atoms with van der Waals surface area (Å²) in [4.78, 5) is 14.2. The Hall–Kier alpha value is -1.55. The zero-order valence-electron chi connectivity index (χ0n) is 11.0. The van der Waals surface area contributed by atoms with E-state index in [1.54, 1.807) is 19.1 Å². The predicted octanol–water partition coefficient (Wildman–Crippen LogP) is 1.79. The van der Waals surface area contributed by atoms with E-state index in [1.807, 2.05) is 24.3 Å². The second-order valence-corrected chi connectivity index (χ2v) is 4.90. The maximum atomic E-state index is 12.5. The second-order valence-electron chi connectivity index (χ2n) is 4.90. The number of amides is 1. The summed E-state index contributed by atoms with van der Waals surface area (Å²) in [5.74, 6) is 0.868. The van der Waals surface area contributed by atoms with Gasteiger partial charge in [0.05, 0.1) is 12.5 Å². The van der Waals surface area contributed by atoms with Crippen molar-refractivity contribution < 1.29 is 9.53 Å². The standard InChI is InChI=1S/C14H20N2O2/c1-16(11-5-3-6-12(9-11)18-2)13(17)14(10-15)7-4-8-14/h3,5-6,9H,4,7-8,10,15H2,1-2H3. The molecule has 0 saturated heterocycles. The number of nitrogens with zero attached hydrogens (tertiary/aromatic N) is 1. The first-order valence-corrected chi connectivity index (χ1v) is 6.25. The average molecular weight is 248 g/mol. The topological polar surface area (TPSA) is 55.6 Å². The number of anilines is 1. The predicted molar refractivity (Wildman–Crippen MR) is 71.7 cm³/mol. The molecule has 2 rings (SSSR count). The van der Waals surface area contributed by atoms with Crippen molar-refractivity contribution in [2.75, 3.05) is 25.6 Å². The van der Waals surface area contributed by atoms with E-state index in [2.05, 4.69) is 0 Å². The summed E-state index contributed by atoms with van der Waals surface area (Å²) < 4.78 is 5.17. The van der Waals surface area contributed by atoms with Gasteiger partial charge in [-0.2, -0.15) is 0 Å². The molecule has 18 heavy (non-hydrogen) atoms. The fourth-order valence-corrected chi connectivity index (χ4v) is 2.40. The summed E-state index contributed by atoms with van der Waals surface area (Å²) in [6, 6.07) is 7.52. The fraction of sp³-hybridized carbons (Fsp3) is 0.500. The van der Waals surface area contributed by atoms with Gasteiger partial charge >= 0.3 is 0 Å². The molecule has 1 fully saturated rings. The molecule has 98 valence electrons. The smallest absolute Gasteiger partial charge is 0.234 e. The Bertz CT molecular complexity index is 436. The van der Waals surface area contributed by atoms with Crippen LogP contribution in [-0.4, -0.2) is 26.6 Å². The van der Waals surface area contributed by atoms with Gasteiger partial charge in [0.2, 0.25) is 5.91 Å². The quantitative estimate of drug-likeness (QED) is 0.883. The molecule has 2 N–H and O–H groups in total. The minimum Gasteiger partial charge on any atom is -0.497 e. The minimum atomic E-state index is -0.335. The summed E-state index contributed by atoms with van der Waals surface area (Å²) in [6.07, 6.45) is 2.89. The molecule has 0 spiro atoms. The monoisotopic (exact) mass is 248 g/mol. The Morgan fingerprint density at radius 2 is 2.22 bits per heavy atom. The number of hydrogen-bond donors (Lipinski definition) is 1. The maximum absolute atomic E-state index is 12.5. The lowest BCUT2D eigenvalue weighted by molar-refractivity contribution is -0.131. The van der Waals surface area contributed by atoms with Crippen molar-refractivity contribution in [2.24, 2.45) is 11.1 Å². The van der Waals surface area contributed by atoms with Crippen LogP contribution in [0.4, 0.5) is 5.69 Å². The number of carbonyl (C=O) groups excluding carboxylic acids is 1. The highest BCUT2D eigenvalue weighted by molar-refractivity contribution is 5.98. The molecular weight excluding hydrogens is 228 g/mol. The molecule has 4 nitrogen and oxygen atoms in total. The highest BCUT2D eigenvalue weighted by Crippen LogP contribution is 2.42. The van der Waals surface area contributed by atoms with Crippen molar-refractivity contribution in [2.45, 2.75) is 19.3 Å². The van der Waals surface area contributed by atoms with Crippen LogP contribution < -0.4 is 15.4 Å². The van der Waals surface area contributed by atoms with Crippen LogP contribution in [0.1, 0.15) is 19.3 Å². The lowest BCUT2D eigenvalue weighted by Crippen LogP contribution is -2.51. The van der Waals surface area contributed by atoms with Crippen molar-refractivity contribution in [3.8, 4) is 5.75 Å². The van der Waals surface area contributed by atoms with Crippen LogP contribution in [0.2, 0.25) is 0 Å². The van der Waals surface area contributed by atoms with Crippen molar-refractivity contribution in [1.82, 2.24) is 0 Å². The molecule has 0 atom stereocenters. The van der Waals surface area contributed by atoms with Gasteiger partial charge in [0, 0.05) is 25.3 Å². The summed E-state index contributed by atoms with van der Waals surface area (Å²) in [6.45, 7) is 0.431. The number of rotatable bonds is 4. The van der Waals surface area contributed by atoms with Crippen molar-refractivity contribution in [1.29, 1.82) is 0 Å². The van der Waals surface area contributed by atoms with Gasteiger partial charge in [0.25, 0.3) is 0 Å². The second kappa shape index (κ2) is 4.98. The average Bonchev–Trinajstić information content (AvgIpc) is 2.37. The lowest BCUT2D eigenvalue weighted by atomic mass is 9.68. The van der Waals surface area contributed by atoms with Crippen LogP contribution >= 0.6 is 0 Å². The van der Waals surface area contributed by atoms with E-state index in [9.17, 15) is 4.79 Å². The Morgan fingerprint density at radius 3 is 2.72 bits per heavy atom. The van der Waals surface area contributed by atoms with Gasteiger partial charge in [-0.15, -0.1) is 0 Å². The zero-order valence-corrected chi connectivity index (χ0v) is 11.0. The number of benzene rings is 1. The van der Waals surface area contributed by atoms with E-state index >= 15 is 0 Å². The van der Waals surface area contributed by atoms with Crippen LogP contribution in [0.25, 0.3) is 0 Å². The van der Waals surface area contributed by atoms with Gasteiger partial charge in [-0.3, -0.25) is 4.79 Å². The van der Waals surface area contributed by atoms with E-state index in [0.29, 0.717) is 6.54 Å². The van der Waals surface area contributed by atoms with Gasteiger partial charge in [-0.05, 0) is 25.0 Å². The van der Waals surface area contributed by atoms with E-state index in [-0.39, 0.29) is 11.3 Å². The van der Waals surface area contributed by atoms with Gasteiger partial charge in [0.1, 0.15) is 5.75 Å². The van der Waals surface area contributed by atoms with Gasteiger partial charge < -0.3 is 15.4 Å². The molecule has 0 aliphatic heterocycles. The maximum Gasteiger partial charge on any atom is 0.234 e. The normalized spacial score (nSPS) is 16.8. The molecule has 0 heterocycles. The molecule has 1 aliphatic carbocycles. The van der Waals surface area contributed by atoms with E-state index in [1.165, 1.54) is 0 Å². The minimum absolute atomic E-state index is 0.115. The molecule has 1 aromatic rings. The molecule has 1 aromatic carbocycles. The van der Waals surface area contributed by atoms with Gasteiger partial charge in [-0.1, -0.05) is 12.5 Å². The number of methoxy groups -OCH3 is 1. The number of nitrogens with two attached hydrogens (primary N) is 1. The molecule has 0 radical (unpaired) electrons. The Kier molecular flexibility index (Phi) is 3.57. The van der Waals surface area contributed by atoms with E-state index in [4.69, 9.17) is 10.5 Å². The van der Waals surface area contributed by atoms with Crippen LogP contribution in [-0.2, 0) is 4.79 Å². The summed E-state index contributed by atoms with van der Waals surface area (Å²) in [5, 5.41) is 0. The molecule has 0 bridgehead atoms. The third-order valence-corrected chi connectivity index (χ3v) is 3.90. The summed E-state index contributed by atoms with van der Waals surface area (Å²) in [5.41, 5.74) is 6.28. The number of hydrogen-bond acceptors (Lipinski definition) is 3. The van der Waals surface area contributed by atoms with Crippen molar-refractivity contribution in [3.63, 3.8) is 0 Å². The largest absolute Gasteiger partial charge is 0.497 e. The molecule has 1 saturated carbocycles. The zero-order chi connectivity index (χ0) is 13.2. The van der Waals surface area contributed by atoms with Gasteiger partial charge in [-0.25, -0.2) is 0 Å². The highest BCUT2D eigenvalue weighted by Gasteiger charge is 2.44. The number of ether oxygens (including phenoxy) is 1. The third-order valence-electron chi connectivity index (χ3n) is 3.90. The highest BCUT2D eigenvalue weighted by atomic mass is 16.5. The fourth-order valence-electron chi connectivity index (χ4n) is 2.40. The van der Waals surface area contributed by atoms with Crippen molar-refractivity contribution in [3.05, 3.63) is 24.3 Å². The molecular formula is C14H20N2O2. The first-order chi connectivity index (χ1) is 8.63. The Labute approximate surface area is 108 Å². The molecule has 1 amide bonds. The molecule has 4 heteroatoms. The first kappa shape index (κ1) is 12.9. The van der Waals surface area contributed by atoms with Crippen LogP contribution in [0.15, 0.2) is 24.3 Å². The number of carbonyl (C=O) groups is 1. The Balaban J connectivity index is 2.19. The molecule has 0 unspecified atom stereocenters. The van der Waals surface area contributed by atoms with Gasteiger partial charge in [0.15, 0.2) is 0 Å². The van der Waals surface area contributed by atoms with E-state index in [0.717, 1.165) is 30.7 Å². The third kappa shape index (κ3) is 2.08. The first-order valence-electron chi connectivity index (χ1n) is 6.25. The van der Waals surface area contributed by atoms with Crippen LogP contribution in [0.3, 0.4) is 0 Å². The van der Waals surface area contributed by atoms with Crippen LogP contribution in [0.5, 0.6) is 5.75 Å². The molecule has 0 aromatic heterocycles. The van der Waals surface area contributed by atoms with Crippen molar-refractivity contribution >= 4 is 11.6 Å². The Morgan fingerprint density at radius 1 is 1.50 bits per heavy atom. The molecule has 1 aliphatic rings. The van der Waals surface area contributed by atoms with E-state index < -0.39 is 0 Å². The summed E-state index contributed by atoms with van der Waals surface area (Å²) in [7, 11) is 3.42. The summed E-state index contributed by atoms with van der Waals surface area (Å²) >= 11 is 0.